The molecule has 10 nitrogen and oxygen atoms in total. The molecule has 0 saturated carbocycles. The maximum atomic E-state index is 13.0. The van der Waals surface area contributed by atoms with E-state index in [-0.39, 0.29) is 36.8 Å². The third-order valence-corrected chi connectivity index (χ3v) is 4.82. The lowest BCUT2D eigenvalue weighted by Crippen LogP contribution is -2.46. The zero-order valence-electron chi connectivity index (χ0n) is 22.3. The smallest absolute Gasteiger partial charge is 0.411 e. The quantitative estimate of drug-likeness (QED) is 0.410. The summed E-state index contributed by atoms with van der Waals surface area (Å²) in [4.78, 5) is 58.8. The van der Waals surface area contributed by atoms with Gasteiger partial charge in [0.25, 0.3) is 0 Å². The van der Waals surface area contributed by atoms with E-state index in [0.717, 1.165) is 0 Å². The molecule has 1 heterocycles. The van der Waals surface area contributed by atoms with Crippen LogP contribution in [-0.4, -0.2) is 95.4 Å². The van der Waals surface area contributed by atoms with Crippen LogP contribution >= 0.6 is 0 Å². The number of Topliss-reactive ketones (excluding diaryl/α,β-unsaturated/α-hetero) is 1. The molecule has 0 aliphatic rings. The van der Waals surface area contributed by atoms with Gasteiger partial charge in [0.2, 0.25) is 5.91 Å². The summed E-state index contributed by atoms with van der Waals surface area (Å²) < 4.78 is 10.8. The lowest BCUT2D eigenvalue weighted by molar-refractivity contribution is -0.132. The molecule has 1 aromatic heterocycles. The zero-order chi connectivity index (χ0) is 26.8. The average Bonchev–Trinajstić information content (AvgIpc) is 2.71. The van der Waals surface area contributed by atoms with E-state index >= 15 is 0 Å². The number of amides is 2. The van der Waals surface area contributed by atoms with Gasteiger partial charge in [-0.05, 0) is 67.8 Å². The molecular formula is C25H40N4O6. The summed E-state index contributed by atoms with van der Waals surface area (Å²) in [5.41, 5.74) is -0.115. The Kier molecular flexibility index (Phi) is 11.8. The molecule has 0 N–H and O–H groups in total. The number of pyridine rings is 1. The summed E-state index contributed by atoms with van der Waals surface area (Å²) in [6.07, 6.45) is 0.348. The molecule has 0 aromatic carbocycles. The van der Waals surface area contributed by atoms with Crippen molar-refractivity contribution in [2.45, 2.75) is 66.2 Å². The predicted molar refractivity (Wildman–Crippen MR) is 132 cm³/mol. The van der Waals surface area contributed by atoms with E-state index in [9.17, 15) is 19.2 Å². The van der Waals surface area contributed by atoms with Crippen LogP contribution in [0.1, 0.15) is 64.0 Å². The fourth-order valence-electron chi connectivity index (χ4n) is 3.14. The molecule has 10 heteroatoms. The SMILES string of the molecule is CCN(CCN(C)C)C(=O)CN(Cc1cc(C(=O)OC(C)CC(C)=O)ccn1)C(=O)OC(C)(C)C. The van der Waals surface area contributed by atoms with E-state index in [2.05, 4.69) is 4.98 Å². The van der Waals surface area contributed by atoms with Gasteiger partial charge in [-0.1, -0.05) is 0 Å². The molecule has 0 aliphatic carbocycles. The second-order valence-electron chi connectivity index (χ2n) is 9.77. The summed E-state index contributed by atoms with van der Waals surface area (Å²) >= 11 is 0. The van der Waals surface area contributed by atoms with Crippen LogP contribution in [0.2, 0.25) is 0 Å². The molecule has 2 amide bonds. The van der Waals surface area contributed by atoms with Crippen LogP contribution in [-0.2, 0) is 25.6 Å². The second-order valence-corrected chi connectivity index (χ2v) is 9.77. The number of carbonyl (C=O) groups is 4. The summed E-state index contributed by atoms with van der Waals surface area (Å²) in [5.74, 6) is -0.887. The summed E-state index contributed by atoms with van der Waals surface area (Å²) in [6, 6.07) is 3.00. The van der Waals surface area contributed by atoms with Crippen molar-refractivity contribution in [2.24, 2.45) is 0 Å². The molecule has 0 saturated heterocycles. The number of likely N-dealkylation sites (N-methyl/N-ethyl adjacent to an activating group) is 2. The van der Waals surface area contributed by atoms with E-state index in [1.165, 1.54) is 30.2 Å². The normalized spacial score (nSPS) is 12.1. The number of aromatic nitrogens is 1. The van der Waals surface area contributed by atoms with Crippen LogP contribution in [0.5, 0.6) is 0 Å². The lowest BCUT2D eigenvalue weighted by Gasteiger charge is -2.29. The topological polar surface area (TPSA) is 109 Å². The Morgan fingerprint density at radius 1 is 1.09 bits per heavy atom. The predicted octanol–water partition coefficient (Wildman–Crippen LogP) is 2.75. The first-order chi connectivity index (χ1) is 16.2. The highest BCUT2D eigenvalue weighted by Crippen LogP contribution is 2.14. The number of esters is 1. The van der Waals surface area contributed by atoms with Gasteiger partial charge in [0.1, 0.15) is 24.0 Å². The minimum atomic E-state index is -0.750. The Morgan fingerprint density at radius 2 is 1.74 bits per heavy atom. The summed E-state index contributed by atoms with van der Waals surface area (Å²) in [5, 5.41) is 0. The fourth-order valence-corrected chi connectivity index (χ4v) is 3.14. The van der Waals surface area contributed by atoms with Crippen molar-refractivity contribution in [2.75, 3.05) is 40.3 Å². The van der Waals surface area contributed by atoms with Crippen molar-refractivity contribution in [3.05, 3.63) is 29.6 Å². The van der Waals surface area contributed by atoms with Gasteiger partial charge >= 0.3 is 12.1 Å². The molecule has 1 rings (SSSR count). The van der Waals surface area contributed by atoms with Crippen molar-refractivity contribution in [3.8, 4) is 0 Å². The van der Waals surface area contributed by atoms with E-state index in [1.807, 2.05) is 25.9 Å². The minimum Gasteiger partial charge on any atom is -0.459 e. The number of nitrogens with zero attached hydrogens (tertiary/aromatic N) is 4. The van der Waals surface area contributed by atoms with Gasteiger partial charge in [-0.25, -0.2) is 9.59 Å². The van der Waals surface area contributed by atoms with Crippen LogP contribution in [0.15, 0.2) is 18.3 Å². The number of ketones is 1. The molecular weight excluding hydrogens is 452 g/mol. The van der Waals surface area contributed by atoms with Crippen LogP contribution in [0.4, 0.5) is 4.79 Å². The molecule has 1 aromatic rings. The van der Waals surface area contributed by atoms with E-state index in [4.69, 9.17) is 9.47 Å². The largest absolute Gasteiger partial charge is 0.459 e. The van der Waals surface area contributed by atoms with Crippen molar-refractivity contribution in [1.29, 1.82) is 0 Å². The molecule has 0 fully saturated rings. The molecule has 35 heavy (non-hydrogen) atoms. The molecule has 0 spiro atoms. The highest BCUT2D eigenvalue weighted by Gasteiger charge is 2.26. The number of hydrogen-bond acceptors (Lipinski definition) is 8. The number of rotatable bonds is 12. The van der Waals surface area contributed by atoms with Crippen molar-refractivity contribution in [1.82, 2.24) is 19.7 Å². The zero-order valence-corrected chi connectivity index (χ0v) is 22.3. The highest BCUT2D eigenvalue weighted by molar-refractivity contribution is 5.90. The summed E-state index contributed by atoms with van der Waals surface area (Å²) in [6.45, 7) is 11.7. The van der Waals surface area contributed by atoms with Gasteiger partial charge in [0.05, 0.1) is 17.8 Å². The molecule has 0 bridgehead atoms. The Bertz CT molecular complexity index is 881. The van der Waals surface area contributed by atoms with Gasteiger partial charge in [-0.2, -0.15) is 0 Å². The van der Waals surface area contributed by atoms with Gasteiger partial charge in [-0.15, -0.1) is 0 Å². The molecule has 0 aliphatic heterocycles. The van der Waals surface area contributed by atoms with Gasteiger partial charge in [-0.3, -0.25) is 19.5 Å². The monoisotopic (exact) mass is 492 g/mol. The van der Waals surface area contributed by atoms with Crippen molar-refractivity contribution >= 4 is 23.8 Å². The number of hydrogen-bond donors (Lipinski definition) is 0. The van der Waals surface area contributed by atoms with Crippen LogP contribution in [0.3, 0.4) is 0 Å². The highest BCUT2D eigenvalue weighted by atomic mass is 16.6. The van der Waals surface area contributed by atoms with Gasteiger partial charge in [0, 0.05) is 32.3 Å². The third-order valence-electron chi connectivity index (χ3n) is 4.82. The molecule has 0 radical (unpaired) electrons. The lowest BCUT2D eigenvalue weighted by atomic mass is 10.2. The molecule has 1 atom stereocenters. The third kappa shape index (κ3) is 11.8. The van der Waals surface area contributed by atoms with Crippen LogP contribution < -0.4 is 0 Å². The minimum absolute atomic E-state index is 0.0317. The fraction of sp³-hybridized carbons (Fsp3) is 0.640. The van der Waals surface area contributed by atoms with Gasteiger partial charge in [0.15, 0.2) is 0 Å². The Labute approximate surface area is 208 Å². The van der Waals surface area contributed by atoms with E-state index in [0.29, 0.717) is 25.3 Å². The van der Waals surface area contributed by atoms with Gasteiger partial charge < -0.3 is 19.3 Å². The maximum absolute atomic E-state index is 13.0. The van der Waals surface area contributed by atoms with Crippen LogP contribution in [0.25, 0.3) is 0 Å². The second kappa shape index (κ2) is 13.8. The molecule has 1 unspecified atom stereocenters. The van der Waals surface area contributed by atoms with E-state index in [1.54, 1.807) is 32.6 Å². The van der Waals surface area contributed by atoms with Crippen LogP contribution in [0, 0.1) is 0 Å². The standard InChI is InChI=1S/C25H40N4O6/c1-9-28(13-12-27(7)8)22(31)17-29(24(33)35-25(4,5)6)16-21-15-20(10-11-26-21)23(32)34-19(3)14-18(2)30/h10-11,15,19H,9,12-14,16-17H2,1-8H3. The Hall–Kier alpha value is -3.01. The Morgan fingerprint density at radius 3 is 2.29 bits per heavy atom. The Balaban J connectivity index is 3.06. The average molecular weight is 493 g/mol. The van der Waals surface area contributed by atoms with Crippen molar-refractivity contribution < 1.29 is 28.7 Å². The first-order valence-electron chi connectivity index (χ1n) is 11.8. The van der Waals surface area contributed by atoms with E-state index < -0.39 is 23.8 Å². The van der Waals surface area contributed by atoms with Crippen molar-refractivity contribution in [3.63, 3.8) is 0 Å². The maximum Gasteiger partial charge on any atom is 0.411 e. The molecule has 196 valence electrons. The summed E-state index contributed by atoms with van der Waals surface area (Å²) in [7, 11) is 3.85. The first kappa shape index (κ1) is 30.0. The number of ether oxygens (including phenoxy) is 2. The number of carbonyl (C=O) groups excluding carboxylic acids is 4. The first-order valence-corrected chi connectivity index (χ1v) is 11.8.